The van der Waals surface area contributed by atoms with Crippen LogP contribution in [-0.4, -0.2) is 33.5 Å². The summed E-state index contributed by atoms with van der Waals surface area (Å²) < 4.78 is 10.5. The third-order valence-electron chi connectivity index (χ3n) is 3.19. The number of anilines is 1. The Morgan fingerprint density at radius 3 is 2.77 bits per heavy atom. The molecule has 1 amide bonds. The van der Waals surface area contributed by atoms with E-state index in [1.807, 2.05) is 0 Å². The number of nitrogens with zero attached hydrogens (tertiary/aromatic N) is 3. The summed E-state index contributed by atoms with van der Waals surface area (Å²) in [6.07, 6.45) is 1.24. The van der Waals surface area contributed by atoms with Crippen LogP contribution in [0.4, 0.5) is 5.82 Å². The van der Waals surface area contributed by atoms with Crippen molar-refractivity contribution in [2.45, 2.75) is 0 Å². The van der Waals surface area contributed by atoms with Crippen LogP contribution in [0.15, 0.2) is 49.0 Å². The maximum atomic E-state index is 11.7. The van der Waals surface area contributed by atoms with Crippen molar-refractivity contribution in [2.24, 2.45) is 5.10 Å². The van der Waals surface area contributed by atoms with E-state index in [2.05, 4.69) is 41.4 Å². The molecule has 1 aromatic carbocycles. The average Bonchev–Trinajstić information content (AvgIpc) is 3.23. The zero-order chi connectivity index (χ0) is 18.7. The summed E-state index contributed by atoms with van der Waals surface area (Å²) >= 11 is 3.23. The predicted molar refractivity (Wildman–Crippen MR) is 92.6 cm³/mol. The molecule has 0 saturated carbocycles. The second-order valence-electron chi connectivity index (χ2n) is 4.89. The van der Waals surface area contributed by atoms with Gasteiger partial charge >= 0.3 is 5.97 Å². The molecule has 26 heavy (non-hydrogen) atoms. The van der Waals surface area contributed by atoms with Gasteiger partial charge in [-0.25, -0.2) is 14.8 Å². The first-order valence-electron chi connectivity index (χ1n) is 7.00. The number of carboxylic acid groups (broad SMARTS) is 1. The fourth-order valence-electron chi connectivity index (χ4n) is 2.04. The SMILES string of the molecule is Nc1nonc1C(=O)NN=Cc1ccc(-c2ccc(Br)cc2C(=O)O)o1. The maximum absolute atomic E-state index is 11.7. The standard InChI is InChI=1S/C15H10BrN5O5/c16-7-1-3-9(10(5-7)15(23)24)11-4-2-8(25-11)6-18-19-14(22)12-13(17)21-26-20-12/h1-6H,(H2,17,21)(H,19,22)(H,23,24). The van der Waals surface area contributed by atoms with Crippen molar-refractivity contribution in [3.63, 3.8) is 0 Å². The molecule has 0 radical (unpaired) electrons. The highest BCUT2D eigenvalue weighted by Gasteiger charge is 2.16. The number of carbonyl (C=O) groups excluding carboxylic acids is 1. The molecule has 0 fully saturated rings. The number of nitrogens with two attached hydrogens (primary N) is 1. The number of nitrogen functional groups attached to an aromatic ring is 1. The van der Waals surface area contributed by atoms with E-state index < -0.39 is 11.9 Å². The van der Waals surface area contributed by atoms with E-state index in [1.165, 1.54) is 12.3 Å². The Morgan fingerprint density at radius 2 is 2.08 bits per heavy atom. The van der Waals surface area contributed by atoms with Crippen molar-refractivity contribution in [1.29, 1.82) is 0 Å². The number of amides is 1. The lowest BCUT2D eigenvalue weighted by Crippen LogP contribution is -2.19. The molecule has 10 nitrogen and oxygen atoms in total. The molecule has 0 aliphatic carbocycles. The van der Waals surface area contributed by atoms with Gasteiger partial charge in [-0.2, -0.15) is 5.10 Å². The molecular weight excluding hydrogens is 410 g/mol. The summed E-state index contributed by atoms with van der Waals surface area (Å²) in [4.78, 5) is 23.1. The Bertz CT molecular complexity index is 1010. The molecule has 3 aromatic rings. The van der Waals surface area contributed by atoms with E-state index in [4.69, 9.17) is 10.2 Å². The molecule has 0 spiro atoms. The number of hydrogen-bond donors (Lipinski definition) is 3. The van der Waals surface area contributed by atoms with Crippen LogP contribution in [0.2, 0.25) is 0 Å². The number of hydrazone groups is 1. The molecule has 3 rings (SSSR count). The van der Waals surface area contributed by atoms with E-state index >= 15 is 0 Å². The number of aromatic nitrogens is 2. The number of rotatable bonds is 5. The Labute approximate surface area is 153 Å². The van der Waals surface area contributed by atoms with Gasteiger partial charge in [0.15, 0.2) is 0 Å². The monoisotopic (exact) mass is 419 g/mol. The Balaban J connectivity index is 1.76. The van der Waals surface area contributed by atoms with Crippen LogP contribution >= 0.6 is 15.9 Å². The van der Waals surface area contributed by atoms with Crippen molar-refractivity contribution in [2.75, 3.05) is 5.73 Å². The highest BCUT2D eigenvalue weighted by molar-refractivity contribution is 9.10. The summed E-state index contributed by atoms with van der Waals surface area (Å²) in [7, 11) is 0. The third kappa shape index (κ3) is 3.62. The first-order chi connectivity index (χ1) is 12.5. The Hall–Kier alpha value is -3.47. The second-order valence-corrected chi connectivity index (χ2v) is 5.81. The van der Waals surface area contributed by atoms with Crippen molar-refractivity contribution in [3.05, 3.63) is 51.8 Å². The van der Waals surface area contributed by atoms with Gasteiger partial charge in [0, 0.05) is 10.0 Å². The molecule has 0 unspecified atom stereocenters. The molecule has 132 valence electrons. The fourth-order valence-corrected chi connectivity index (χ4v) is 2.40. The largest absolute Gasteiger partial charge is 0.478 e. The molecule has 0 aliphatic heterocycles. The zero-order valence-corrected chi connectivity index (χ0v) is 14.4. The highest BCUT2D eigenvalue weighted by Crippen LogP contribution is 2.28. The number of furan rings is 1. The molecule has 2 heterocycles. The van der Waals surface area contributed by atoms with Gasteiger partial charge in [0.1, 0.15) is 11.5 Å². The van der Waals surface area contributed by atoms with E-state index in [0.29, 0.717) is 21.6 Å². The number of halogens is 1. The maximum Gasteiger partial charge on any atom is 0.336 e. The number of benzene rings is 1. The fraction of sp³-hybridized carbons (Fsp3) is 0. The Kier molecular flexibility index (Phi) is 4.80. The molecule has 0 saturated heterocycles. The number of aromatic carboxylic acids is 1. The lowest BCUT2D eigenvalue weighted by Gasteiger charge is -2.03. The van der Waals surface area contributed by atoms with E-state index in [-0.39, 0.29) is 17.1 Å². The topological polar surface area (TPSA) is 157 Å². The lowest BCUT2D eigenvalue weighted by molar-refractivity contribution is 0.0697. The predicted octanol–water partition coefficient (Wildman–Crippen LogP) is 2.14. The normalized spacial score (nSPS) is 11.0. The highest BCUT2D eigenvalue weighted by atomic mass is 79.9. The van der Waals surface area contributed by atoms with Crippen molar-refractivity contribution in [1.82, 2.24) is 15.7 Å². The minimum Gasteiger partial charge on any atom is -0.478 e. The van der Waals surface area contributed by atoms with E-state index in [9.17, 15) is 14.7 Å². The van der Waals surface area contributed by atoms with Crippen LogP contribution in [0, 0.1) is 0 Å². The lowest BCUT2D eigenvalue weighted by atomic mass is 10.1. The van der Waals surface area contributed by atoms with Gasteiger partial charge in [-0.05, 0) is 40.6 Å². The Morgan fingerprint density at radius 1 is 1.27 bits per heavy atom. The summed E-state index contributed by atoms with van der Waals surface area (Å²) in [5, 5.41) is 19.6. The summed E-state index contributed by atoms with van der Waals surface area (Å²) in [5.41, 5.74) is 7.88. The third-order valence-corrected chi connectivity index (χ3v) is 3.68. The van der Waals surface area contributed by atoms with Crippen LogP contribution < -0.4 is 11.2 Å². The van der Waals surface area contributed by atoms with Gasteiger partial charge in [0.25, 0.3) is 5.91 Å². The van der Waals surface area contributed by atoms with Gasteiger partial charge in [-0.15, -0.1) is 0 Å². The van der Waals surface area contributed by atoms with Crippen LogP contribution in [0.1, 0.15) is 26.6 Å². The number of carboxylic acids is 1. The smallest absolute Gasteiger partial charge is 0.336 e. The number of nitrogens with one attached hydrogen (secondary N) is 1. The minimum atomic E-state index is -1.08. The van der Waals surface area contributed by atoms with Gasteiger partial charge < -0.3 is 15.3 Å². The van der Waals surface area contributed by atoms with Crippen molar-refractivity contribution < 1.29 is 23.7 Å². The van der Waals surface area contributed by atoms with Crippen LogP contribution in [0.5, 0.6) is 0 Å². The number of hydrogen-bond acceptors (Lipinski definition) is 8. The van der Waals surface area contributed by atoms with Gasteiger partial charge in [-0.3, -0.25) is 4.79 Å². The molecule has 0 aliphatic rings. The van der Waals surface area contributed by atoms with Gasteiger partial charge in [0.05, 0.1) is 11.8 Å². The van der Waals surface area contributed by atoms with E-state index in [1.54, 1.807) is 24.3 Å². The van der Waals surface area contributed by atoms with Crippen molar-refractivity contribution in [3.8, 4) is 11.3 Å². The van der Waals surface area contributed by atoms with Crippen LogP contribution in [0.3, 0.4) is 0 Å². The molecule has 0 bridgehead atoms. The van der Waals surface area contributed by atoms with E-state index in [0.717, 1.165) is 0 Å². The first kappa shape index (κ1) is 17.4. The second kappa shape index (κ2) is 7.19. The molecule has 11 heteroatoms. The van der Waals surface area contributed by atoms with Crippen molar-refractivity contribution >= 4 is 39.8 Å². The molecule has 2 aromatic heterocycles. The summed E-state index contributed by atoms with van der Waals surface area (Å²) in [5.74, 6) is -1.31. The zero-order valence-electron chi connectivity index (χ0n) is 12.8. The summed E-state index contributed by atoms with van der Waals surface area (Å²) in [6.45, 7) is 0. The quantitative estimate of drug-likeness (QED) is 0.419. The molecular formula is C15H10BrN5O5. The van der Waals surface area contributed by atoms with Crippen LogP contribution in [-0.2, 0) is 0 Å². The first-order valence-corrected chi connectivity index (χ1v) is 7.79. The van der Waals surface area contributed by atoms with Crippen LogP contribution in [0.25, 0.3) is 11.3 Å². The summed E-state index contributed by atoms with van der Waals surface area (Å²) in [6, 6.07) is 7.97. The average molecular weight is 420 g/mol. The van der Waals surface area contributed by atoms with Gasteiger partial charge in [0.2, 0.25) is 11.5 Å². The minimum absolute atomic E-state index is 0.0829. The number of carbonyl (C=O) groups is 2. The molecule has 4 N–H and O–H groups in total. The molecule has 0 atom stereocenters. The van der Waals surface area contributed by atoms with Gasteiger partial charge in [-0.1, -0.05) is 15.9 Å².